The Balaban J connectivity index is 1.68. The van der Waals surface area contributed by atoms with Crippen LogP contribution in [0.15, 0.2) is 36.4 Å². The molecule has 0 radical (unpaired) electrons. The number of hydrogen-bond donors (Lipinski definition) is 2. The minimum atomic E-state index is -0.790. The molecule has 5 nitrogen and oxygen atoms in total. The summed E-state index contributed by atoms with van der Waals surface area (Å²) in [5.74, 6) is -1.25. The van der Waals surface area contributed by atoms with Crippen LogP contribution in [0.3, 0.4) is 0 Å². The van der Waals surface area contributed by atoms with Crippen molar-refractivity contribution in [3.05, 3.63) is 59.3 Å². The van der Waals surface area contributed by atoms with E-state index in [2.05, 4.69) is 10.4 Å². The van der Waals surface area contributed by atoms with Gasteiger partial charge in [-0.3, -0.25) is 9.48 Å². The van der Waals surface area contributed by atoms with Crippen molar-refractivity contribution in [3.8, 4) is 0 Å². The second-order valence-electron chi connectivity index (χ2n) is 7.14. The van der Waals surface area contributed by atoms with Gasteiger partial charge in [0.25, 0.3) is 0 Å². The van der Waals surface area contributed by atoms with Gasteiger partial charge in [-0.05, 0) is 42.7 Å². The van der Waals surface area contributed by atoms with Crippen molar-refractivity contribution in [1.82, 2.24) is 9.78 Å². The van der Waals surface area contributed by atoms with Gasteiger partial charge < -0.3 is 10.4 Å². The second kappa shape index (κ2) is 6.83. The highest BCUT2D eigenvalue weighted by atomic mass is 19.1. The third kappa shape index (κ3) is 3.29. The van der Waals surface area contributed by atoms with Crippen molar-refractivity contribution >= 4 is 34.6 Å². The molecule has 1 heterocycles. The van der Waals surface area contributed by atoms with E-state index in [4.69, 9.17) is 0 Å². The summed E-state index contributed by atoms with van der Waals surface area (Å²) < 4.78 is 29.1. The lowest BCUT2D eigenvalue weighted by atomic mass is 10.1. The van der Waals surface area contributed by atoms with Crippen LogP contribution < -0.4 is 5.32 Å². The Bertz CT molecular complexity index is 1080. The minimum absolute atomic E-state index is 0.0571. The highest BCUT2D eigenvalue weighted by molar-refractivity contribution is 6.00. The molecule has 2 N–H and O–H groups in total. The van der Waals surface area contributed by atoms with Gasteiger partial charge in [0.05, 0.1) is 28.9 Å². The lowest BCUT2D eigenvalue weighted by Gasteiger charge is -2.13. The van der Waals surface area contributed by atoms with Crippen molar-refractivity contribution < 1.29 is 18.7 Å². The van der Waals surface area contributed by atoms with Gasteiger partial charge in [-0.1, -0.05) is 18.2 Å². The number of carbonyl (C=O) groups is 1. The molecular formula is C21H19F2N3O2. The fraction of sp³-hybridized carbons (Fsp3) is 0.238. The van der Waals surface area contributed by atoms with Crippen molar-refractivity contribution in [3.63, 3.8) is 0 Å². The van der Waals surface area contributed by atoms with Crippen LogP contribution in [-0.4, -0.2) is 27.4 Å². The van der Waals surface area contributed by atoms with E-state index < -0.39 is 11.2 Å². The van der Waals surface area contributed by atoms with Gasteiger partial charge in [0.2, 0.25) is 5.91 Å². The maximum atomic E-state index is 14.5. The Kier molecular flexibility index (Phi) is 4.47. The number of aliphatic hydroxyl groups excluding tert-OH is 1. The number of aliphatic hydroxyl groups is 1. The first-order valence-electron chi connectivity index (χ1n) is 8.94. The zero-order chi connectivity index (χ0) is 19.9. The first-order valence-corrected chi connectivity index (χ1v) is 8.94. The van der Waals surface area contributed by atoms with E-state index in [1.165, 1.54) is 18.2 Å². The molecule has 1 saturated carbocycles. The number of carbonyl (C=O) groups excluding carboxylic acids is 1. The van der Waals surface area contributed by atoms with Gasteiger partial charge in [0.15, 0.2) is 0 Å². The summed E-state index contributed by atoms with van der Waals surface area (Å²) in [6.07, 6.45) is 4.73. The van der Waals surface area contributed by atoms with E-state index in [1.807, 2.05) is 0 Å². The normalized spacial score (nSPS) is 15.3. The van der Waals surface area contributed by atoms with E-state index in [1.54, 1.807) is 42.1 Å². The molecule has 4 rings (SSSR count). The lowest BCUT2D eigenvalue weighted by Crippen LogP contribution is -2.27. The maximum absolute atomic E-state index is 14.5. The van der Waals surface area contributed by atoms with E-state index in [9.17, 15) is 18.7 Å². The molecule has 7 heteroatoms. The quantitative estimate of drug-likeness (QED) is 0.705. The maximum Gasteiger partial charge on any atom is 0.232 e. The van der Waals surface area contributed by atoms with E-state index >= 15 is 0 Å². The van der Waals surface area contributed by atoms with Crippen LogP contribution in [0.2, 0.25) is 0 Å². The van der Waals surface area contributed by atoms with Crippen LogP contribution in [0, 0.1) is 17.0 Å². The first-order chi connectivity index (χ1) is 13.4. The lowest BCUT2D eigenvalue weighted by molar-refractivity contribution is -0.122. The number of nitrogens with zero attached hydrogens (tertiary/aromatic N) is 2. The first kappa shape index (κ1) is 18.3. The molecule has 3 aromatic rings. The molecule has 2 aromatic carbocycles. The summed E-state index contributed by atoms with van der Waals surface area (Å²) in [4.78, 5) is 12.3. The number of anilines is 1. The van der Waals surface area contributed by atoms with Crippen LogP contribution in [0.1, 0.15) is 24.1 Å². The van der Waals surface area contributed by atoms with Gasteiger partial charge in [-0.25, -0.2) is 8.78 Å². The molecule has 1 fully saturated rings. The summed E-state index contributed by atoms with van der Waals surface area (Å²) in [5, 5.41) is 17.1. The third-order valence-corrected chi connectivity index (χ3v) is 5.16. The fourth-order valence-electron chi connectivity index (χ4n) is 3.14. The zero-order valence-corrected chi connectivity index (χ0v) is 15.2. The molecule has 0 bridgehead atoms. The van der Waals surface area contributed by atoms with Crippen molar-refractivity contribution in [2.24, 2.45) is 12.5 Å². The topological polar surface area (TPSA) is 67.2 Å². The van der Waals surface area contributed by atoms with Crippen LogP contribution in [-0.2, 0) is 11.8 Å². The summed E-state index contributed by atoms with van der Waals surface area (Å²) in [6.45, 7) is -0.249. The molecule has 0 spiro atoms. The van der Waals surface area contributed by atoms with Crippen LogP contribution in [0.4, 0.5) is 14.5 Å². The Morgan fingerprint density at radius 3 is 2.61 bits per heavy atom. The number of rotatable bonds is 5. The smallest absolute Gasteiger partial charge is 0.232 e. The number of benzene rings is 2. The number of fused-ring (bicyclic) bond motifs is 1. The zero-order valence-electron chi connectivity index (χ0n) is 15.2. The molecule has 0 atom stereocenters. The summed E-state index contributed by atoms with van der Waals surface area (Å²) in [5.41, 5.74) is 1.25. The van der Waals surface area contributed by atoms with E-state index in [0.717, 1.165) is 5.56 Å². The van der Waals surface area contributed by atoms with Gasteiger partial charge >= 0.3 is 0 Å². The molecule has 28 heavy (non-hydrogen) atoms. The monoisotopic (exact) mass is 383 g/mol. The van der Waals surface area contributed by atoms with Crippen LogP contribution >= 0.6 is 0 Å². The Morgan fingerprint density at radius 2 is 1.96 bits per heavy atom. The van der Waals surface area contributed by atoms with Gasteiger partial charge in [-0.15, -0.1) is 0 Å². The van der Waals surface area contributed by atoms with Crippen molar-refractivity contribution in [2.45, 2.75) is 12.8 Å². The van der Waals surface area contributed by atoms with Crippen molar-refractivity contribution in [1.29, 1.82) is 0 Å². The molecule has 144 valence electrons. The summed E-state index contributed by atoms with van der Waals surface area (Å²) in [7, 11) is 1.71. The molecule has 1 aliphatic carbocycles. The summed E-state index contributed by atoms with van der Waals surface area (Å²) in [6, 6.07) is 8.90. The predicted octanol–water partition coefficient (Wildman–Crippen LogP) is 3.73. The number of aromatic nitrogens is 2. The molecular weight excluding hydrogens is 364 g/mol. The number of nitrogens with one attached hydrogen (secondary N) is 1. The summed E-state index contributed by atoms with van der Waals surface area (Å²) >= 11 is 0. The number of aryl methyl sites for hydroxylation is 1. The number of hydrogen-bond acceptors (Lipinski definition) is 3. The Labute approximate surface area is 160 Å². The average Bonchev–Trinajstić information content (AvgIpc) is 3.43. The highest BCUT2D eigenvalue weighted by Gasteiger charge is 2.49. The van der Waals surface area contributed by atoms with E-state index in [0.29, 0.717) is 29.4 Å². The number of halogens is 2. The fourth-order valence-corrected chi connectivity index (χ4v) is 3.14. The second-order valence-corrected chi connectivity index (χ2v) is 7.14. The molecule has 0 aliphatic heterocycles. The third-order valence-electron chi connectivity index (χ3n) is 5.16. The van der Waals surface area contributed by atoms with Crippen LogP contribution in [0.5, 0.6) is 0 Å². The SMILES string of the molecule is Cn1nc(/C=C/c2ccc(F)cc2)c2cc(NC(=O)C3(CO)CC3)c(F)cc21. The minimum Gasteiger partial charge on any atom is -0.395 e. The Hall–Kier alpha value is -3.06. The molecule has 0 unspecified atom stereocenters. The predicted molar refractivity (Wildman–Crippen MR) is 103 cm³/mol. The van der Waals surface area contributed by atoms with Crippen molar-refractivity contribution in [2.75, 3.05) is 11.9 Å². The van der Waals surface area contributed by atoms with Crippen LogP contribution in [0.25, 0.3) is 23.1 Å². The largest absolute Gasteiger partial charge is 0.395 e. The standard InChI is InChI=1S/C21H19F2N3O2/c1-26-19-11-16(23)18(24-20(28)21(12-27)8-9-21)10-15(19)17(25-26)7-4-13-2-5-14(22)6-3-13/h2-7,10-11,27H,8-9,12H2,1H3,(H,24,28)/b7-4+. The van der Waals surface area contributed by atoms with Gasteiger partial charge in [0, 0.05) is 18.5 Å². The van der Waals surface area contributed by atoms with E-state index in [-0.39, 0.29) is 24.0 Å². The van der Waals surface area contributed by atoms with Gasteiger partial charge in [0.1, 0.15) is 11.6 Å². The Morgan fingerprint density at radius 1 is 1.25 bits per heavy atom. The molecule has 0 saturated heterocycles. The molecule has 1 amide bonds. The molecule has 1 aliphatic rings. The highest BCUT2D eigenvalue weighted by Crippen LogP contribution is 2.46. The number of amides is 1. The molecule has 1 aromatic heterocycles. The van der Waals surface area contributed by atoms with Gasteiger partial charge in [-0.2, -0.15) is 5.10 Å². The average molecular weight is 383 g/mol.